The minimum absolute atomic E-state index is 0.0939. The van der Waals surface area contributed by atoms with Crippen LogP contribution in [0.4, 0.5) is 0 Å². The van der Waals surface area contributed by atoms with Crippen LogP contribution in [0, 0.1) is 13.8 Å². The molecule has 2 N–H and O–H groups in total. The summed E-state index contributed by atoms with van der Waals surface area (Å²) in [6.45, 7) is 8.07. The van der Waals surface area contributed by atoms with Gasteiger partial charge in [0.25, 0.3) is 5.91 Å². The van der Waals surface area contributed by atoms with Gasteiger partial charge in [-0.05, 0) is 56.7 Å². The van der Waals surface area contributed by atoms with Crippen molar-refractivity contribution in [2.45, 2.75) is 52.7 Å². The van der Waals surface area contributed by atoms with Gasteiger partial charge in [-0.25, -0.2) is 0 Å². The van der Waals surface area contributed by atoms with Crippen molar-refractivity contribution in [2.75, 3.05) is 13.1 Å². The number of aryl methyl sites for hydroxylation is 2. The molecule has 21 heavy (non-hydrogen) atoms. The highest BCUT2D eigenvalue weighted by molar-refractivity contribution is 5.81. The number of rotatable bonds is 4. The molecule has 116 valence electrons. The van der Waals surface area contributed by atoms with Gasteiger partial charge in [-0.1, -0.05) is 12.1 Å². The quantitative estimate of drug-likeness (QED) is 0.927. The maximum atomic E-state index is 12.4. The molecule has 0 spiro atoms. The monoisotopic (exact) mass is 290 g/mol. The summed E-state index contributed by atoms with van der Waals surface area (Å²) in [5.41, 5.74) is 8.84. The minimum atomic E-state index is -0.441. The Hall–Kier alpha value is -1.55. The van der Waals surface area contributed by atoms with E-state index in [4.69, 9.17) is 10.5 Å². The molecule has 0 aromatic heterocycles. The van der Waals surface area contributed by atoms with Crippen molar-refractivity contribution in [3.05, 3.63) is 28.8 Å². The summed E-state index contributed by atoms with van der Waals surface area (Å²) in [6.07, 6.45) is 2.98. The number of piperidine rings is 1. The summed E-state index contributed by atoms with van der Waals surface area (Å²) in [7, 11) is 0. The first kappa shape index (κ1) is 15.8. The van der Waals surface area contributed by atoms with Crippen molar-refractivity contribution in [3.8, 4) is 5.75 Å². The number of ether oxygens (including phenoxy) is 1. The van der Waals surface area contributed by atoms with E-state index in [2.05, 4.69) is 0 Å². The molecule has 0 bridgehead atoms. The molecule has 1 atom stereocenters. The Morgan fingerprint density at radius 3 is 2.33 bits per heavy atom. The molecular formula is C17H26N2O2. The molecule has 1 fully saturated rings. The molecule has 1 aromatic carbocycles. The van der Waals surface area contributed by atoms with Gasteiger partial charge in [0.1, 0.15) is 5.75 Å². The molecule has 1 aliphatic heterocycles. The van der Waals surface area contributed by atoms with Crippen LogP contribution in [0.1, 0.15) is 42.9 Å². The first-order valence-electron chi connectivity index (χ1n) is 7.78. The number of carbonyl (C=O) groups excluding carboxylic acids is 1. The summed E-state index contributed by atoms with van der Waals surface area (Å²) in [6, 6.07) is 4.06. The second-order valence-electron chi connectivity index (χ2n) is 5.91. The molecule has 1 aromatic rings. The number of nitrogens with two attached hydrogens (primary N) is 1. The van der Waals surface area contributed by atoms with E-state index < -0.39 is 6.10 Å². The maximum absolute atomic E-state index is 12.4. The molecule has 1 heterocycles. The molecule has 0 saturated carbocycles. The normalized spacial score (nSPS) is 16.7. The third-order valence-electron chi connectivity index (χ3n) is 4.07. The molecule has 0 radical (unpaired) electrons. The largest absolute Gasteiger partial charge is 0.480 e. The summed E-state index contributed by atoms with van der Waals surface area (Å²) < 4.78 is 5.96. The number of benzene rings is 1. The Bertz CT molecular complexity index is 485. The number of hydrogen-bond acceptors (Lipinski definition) is 3. The number of hydrogen-bond donors (Lipinski definition) is 1. The van der Waals surface area contributed by atoms with Gasteiger partial charge in [0.05, 0.1) is 0 Å². The van der Waals surface area contributed by atoms with Crippen LogP contribution >= 0.6 is 0 Å². The Labute approximate surface area is 127 Å². The molecule has 1 amide bonds. The van der Waals surface area contributed by atoms with Crippen LogP contribution in [0.5, 0.6) is 5.75 Å². The van der Waals surface area contributed by atoms with E-state index in [-0.39, 0.29) is 5.91 Å². The van der Waals surface area contributed by atoms with Crippen LogP contribution in [0.2, 0.25) is 0 Å². The number of nitrogens with zero attached hydrogens (tertiary/aromatic N) is 1. The van der Waals surface area contributed by atoms with Crippen molar-refractivity contribution in [2.24, 2.45) is 5.73 Å². The van der Waals surface area contributed by atoms with Gasteiger partial charge in [0, 0.05) is 19.6 Å². The first-order chi connectivity index (χ1) is 10.0. The summed E-state index contributed by atoms with van der Waals surface area (Å²) in [4.78, 5) is 14.4. The Morgan fingerprint density at radius 2 is 1.81 bits per heavy atom. The van der Waals surface area contributed by atoms with E-state index in [1.807, 2.05) is 37.8 Å². The molecule has 2 rings (SSSR count). The Morgan fingerprint density at radius 1 is 1.24 bits per heavy atom. The fourth-order valence-electron chi connectivity index (χ4n) is 2.94. The lowest BCUT2D eigenvalue weighted by Crippen LogP contribution is -2.43. The van der Waals surface area contributed by atoms with E-state index >= 15 is 0 Å². The van der Waals surface area contributed by atoms with Crippen molar-refractivity contribution in [3.63, 3.8) is 0 Å². The fourth-order valence-corrected chi connectivity index (χ4v) is 2.94. The lowest BCUT2D eigenvalue weighted by atomic mass is 10.1. The third kappa shape index (κ3) is 3.76. The predicted molar refractivity (Wildman–Crippen MR) is 84.3 cm³/mol. The second kappa shape index (κ2) is 6.94. The summed E-state index contributed by atoms with van der Waals surface area (Å²) in [5, 5.41) is 0. The highest BCUT2D eigenvalue weighted by Crippen LogP contribution is 2.26. The van der Waals surface area contributed by atoms with Gasteiger partial charge in [0.2, 0.25) is 0 Å². The zero-order valence-electron chi connectivity index (χ0n) is 13.3. The van der Waals surface area contributed by atoms with E-state index in [0.717, 1.165) is 48.4 Å². The molecule has 1 unspecified atom stereocenters. The maximum Gasteiger partial charge on any atom is 0.263 e. The van der Waals surface area contributed by atoms with Gasteiger partial charge < -0.3 is 15.4 Å². The van der Waals surface area contributed by atoms with Crippen LogP contribution < -0.4 is 10.5 Å². The topological polar surface area (TPSA) is 55.6 Å². The van der Waals surface area contributed by atoms with Crippen LogP contribution in [0.3, 0.4) is 0 Å². The SMILES string of the molecule is Cc1cc(CN)cc(C)c1OC(C)C(=O)N1CCCCC1. The molecular weight excluding hydrogens is 264 g/mol. The number of carbonyl (C=O) groups is 1. The molecule has 0 aliphatic carbocycles. The zero-order valence-corrected chi connectivity index (χ0v) is 13.3. The first-order valence-corrected chi connectivity index (χ1v) is 7.78. The van der Waals surface area contributed by atoms with Gasteiger partial charge >= 0.3 is 0 Å². The predicted octanol–water partition coefficient (Wildman–Crippen LogP) is 2.54. The lowest BCUT2D eigenvalue weighted by molar-refractivity contribution is -0.138. The molecule has 4 nitrogen and oxygen atoms in total. The van der Waals surface area contributed by atoms with Gasteiger partial charge in [0.15, 0.2) is 6.10 Å². The third-order valence-corrected chi connectivity index (χ3v) is 4.07. The van der Waals surface area contributed by atoms with E-state index in [0.29, 0.717) is 6.54 Å². The lowest BCUT2D eigenvalue weighted by Gasteiger charge is -2.29. The van der Waals surface area contributed by atoms with Crippen LogP contribution in [0.25, 0.3) is 0 Å². The highest BCUT2D eigenvalue weighted by atomic mass is 16.5. The van der Waals surface area contributed by atoms with Crippen molar-refractivity contribution >= 4 is 5.91 Å². The molecule has 1 saturated heterocycles. The van der Waals surface area contributed by atoms with Crippen molar-refractivity contribution in [1.82, 2.24) is 4.90 Å². The number of amides is 1. The smallest absolute Gasteiger partial charge is 0.263 e. The van der Waals surface area contributed by atoms with E-state index in [1.54, 1.807) is 0 Å². The Balaban J connectivity index is 2.08. The second-order valence-corrected chi connectivity index (χ2v) is 5.91. The summed E-state index contributed by atoms with van der Waals surface area (Å²) >= 11 is 0. The molecule has 4 heteroatoms. The average molecular weight is 290 g/mol. The average Bonchev–Trinajstić information content (AvgIpc) is 2.50. The van der Waals surface area contributed by atoms with Gasteiger partial charge in [-0.15, -0.1) is 0 Å². The fraction of sp³-hybridized carbons (Fsp3) is 0.588. The van der Waals surface area contributed by atoms with Crippen LogP contribution in [0.15, 0.2) is 12.1 Å². The van der Waals surface area contributed by atoms with E-state index in [9.17, 15) is 4.79 Å². The standard InChI is InChI=1S/C17H26N2O2/c1-12-9-15(11-18)10-13(2)16(12)21-14(3)17(20)19-7-5-4-6-8-19/h9-10,14H,4-8,11,18H2,1-3H3. The highest BCUT2D eigenvalue weighted by Gasteiger charge is 2.24. The zero-order chi connectivity index (χ0) is 15.4. The van der Waals surface area contributed by atoms with Gasteiger partial charge in [-0.3, -0.25) is 4.79 Å². The van der Waals surface area contributed by atoms with Crippen LogP contribution in [-0.4, -0.2) is 30.0 Å². The van der Waals surface area contributed by atoms with E-state index in [1.165, 1.54) is 6.42 Å². The number of likely N-dealkylation sites (tertiary alicyclic amines) is 1. The van der Waals surface area contributed by atoms with Crippen molar-refractivity contribution < 1.29 is 9.53 Å². The molecule has 1 aliphatic rings. The summed E-state index contributed by atoms with van der Waals surface area (Å²) in [5.74, 6) is 0.904. The minimum Gasteiger partial charge on any atom is -0.480 e. The van der Waals surface area contributed by atoms with Crippen LogP contribution in [-0.2, 0) is 11.3 Å². The van der Waals surface area contributed by atoms with Crippen molar-refractivity contribution in [1.29, 1.82) is 0 Å². The van der Waals surface area contributed by atoms with Gasteiger partial charge in [-0.2, -0.15) is 0 Å². The Kier molecular flexibility index (Phi) is 5.23.